The fourth-order valence-corrected chi connectivity index (χ4v) is 1.11. The molecular weight excluding hydrogens is 234 g/mol. The van der Waals surface area contributed by atoms with Crippen molar-refractivity contribution in [2.24, 2.45) is 0 Å². The maximum absolute atomic E-state index is 7.32. The van der Waals surface area contributed by atoms with E-state index in [1.807, 2.05) is 0 Å². The van der Waals surface area contributed by atoms with Crippen LogP contribution >= 0.6 is 31.9 Å². The smallest absolute Gasteiger partial charge is 0.107 e. The molecule has 8 heavy (non-hydrogen) atoms. The largest absolute Gasteiger partial charge is 0.249 e. The lowest BCUT2D eigenvalue weighted by Crippen LogP contribution is -1.70. The van der Waals surface area contributed by atoms with Crippen LogP contribution in [0.1, 0.15) is 4.11 Å². The lowest BCUT2D eigenvalue weighted by molar-refractivity contribution is 1.27. The summed E-state index contributed by atoms with van der Waals surface area (Å²) in [6.45, 7) is 0. The summed E-state index contributed by atoms with van der Waals surface area (Å²) in [5, 5.41) is 0. The quantitative estimate of drug-likeness (QED) is 0.635. The minimum Gasteiger partial charge on any atom is -0.249 e. The molecule has 0 spiro atoms. The molecule has 1 rings (SSSR count). The summed E-state index contributed by atoms with van der Waals surface area (Å²) in [7, 11) is 0. The zero-order valence-corrected chi connectivity index (χ0v) is 6.88. The Hall–Kier alpha value is 0.110. The van der Waals surface area contributed by atoms with Crippen LogP contribution in [-0.4, -0.2) is 4.98 Å². The second kappa shape index (κ2) is 2.60. The summed E-state index contributed by atoms with van der Waals surface area (Å²) >= 11 is 6.01. The number of aromatic nitrogens is 1. The molecule has 0 radical (unpaired) electrons. The fourth-order valence-electron chi connectivity index (χ4n) is 0.276. The zero-order chi connectivity index (χ0) is 8.59. The highest BCUT2D eigenvalue weighted by Crippen LogP contribution is 2.12. The Bertz CT molecular complexity index is 276. The Morgan fingerprint density at radius 2 is 2.38 bits per heavy atom. The standard InChI is InChI=1S/C5H3Br2N/c6-4-1-2-8-5(7)3-4/h1-3H/i1D,2D,3D. The summed E-state index contributed by atoms with van der Waals surface area (Å²) in [4.78, 5) is 3.61. The third-order valence-corrected chi connectivity index (χ3v) is 1.30. The van der Waals surface area contributed by atoms with Gasteiger partial charge in [0.1, 0.15) is 4.60 Å². The van der Waals surface area contributed by atoms with Gasteiger partial charge in [0.25, 0.3) is 0 Å². The normalized spacial score (nSPS) is 14.5. The van der Waals surface area contributed by atoms with Gasteiger partial charge in [0.05, 0.1) is 4.11 Å². The fraction of sp³-hybridized carbons (Fsp3) is 0. The number of nitrogens with zero attached hydrogens (tertiary/aromatic N) is 1. The van der Waals surface area contributed by atoms with E-state index in [1.165, 1.54) is 0 Å². The second-order valence-corrected chi connectivity index (χ2v) is 2.62. The van der Waals surface area contributed by atoms with Crippen LogP contribution < -0.4 is 0 Å². The molecule has 0 aromatic carbocycles. The topological polar surface area (TPSA) is 12.9 Å². The highest BCUT2D eigenvalue weighted by atomic mass is 79.9. The first-order valence-electron chi connectivity index (χ1n) is 3.33. The van der Waals surface area contributed by atoms with E-state index < -0.39 is 0 Å². The summed E-state index contributed by atoms with van der Waals surface area (Å²) in [6, 6.07) is 0.0456. The third-order valence-electron chi connectivity index (χ3n) is 0.533. The molecule has 0 atom stereocenters. The van der Waals surface area contributed by atoms with Crippen molar-refractivity contribution >= 4 is 31.9 Å². The van der Waals surface area contributed by atoms with E-state index in [1.54, 1.807) is 0 Å². The minimum atomic E-state index is -0.139. The van der Waals surface area contributed by atoms with E-state index >= 15 is 0 Å². The zero-order valence-electron chi connectivity index (χ0n) is 6.70. The SMILES string of the molecule is [2H]c1nc(Br)c([2H])c(Br)c1[2H]. The Kier molecular flexibility index (Phi) is 1.08. The number of halogens is 2. The molecule has 0 aliphatic carbocycles. The van der Waals surface area contributed by atoms with Gasteiger partial charge in [-0.25, -0.2) is 4.98 Å². The first-order chi connectivity index (χ1) is 5.04. The van der Waals surface area contributed by atoms with Crippen molar-refractivity contribution in [3.8, 4) is 0 Å². The Morgan fingerprint density at radius 1 is 1.62 bits per heavy atom. The second-order valence-electron chi connectivity index (χ2n) is 1.08. The van der Waals surface area contributed by atoms with Gasteiger partial charge in [-0.1, -0.05) is 15.9 Å². The molecule has 1 aromatic rings. The maximum Gasteiger partial charge on any atom is 0.107 e. The molecule has 0 saturated heterocycles. The maximum atomic E-state index is 7.32. The van der Waals surface area contributed by atoms with Crippen molar-refractivity contribution in [2.75, 3.05) is 0 Å². The van der Waals surface area contributed by atoms with Crippen molar-refractivity contribution in [3.05, 3.63) is 27.3 Å². The highest BCUT2D eigenvalue weighted by molar-refractivity contribution is 9.11. The average Bonchev–Trinajstić information content (AvgIpc) is 1.97. The molecule has 0 fully saturated rings. The summed E-state index contributed by atoms with van der Waals surface area (Å²) in [6.07, 6.45) is -0.139. The van der Waals surface area contributed by atoms with E-state index in [9.17, 15) is 0 Å². The molecule has 0 amide bonds. The van der Waals surface area contributed by atoms with Crippen LogP contribution in [0, 0.1) is 0 Å². The summed E-state index contributed by atoms with van der Waals surface area (Å²) < 4.78 is 22.3. The average molecular weight is 240 g/mol. The lowest BCUT2D eigenvalue weighted by atomic mass is 10.5. The van der Waals surface area contributed by atoms with Crippen LogP contribution in [-0.2, 0) is 0 Å². The molecule has 1 aromatic heterocycles. The number of hydrogen-bond acceptors (Lipinski definition) is 1. The van der Waals surface area contributed by atoms with Gasteiger partial charge >= 0.3 is 0 Å². The van der Waals surface area contributed by atoms with Gasteiger partial charge in [-0.15, -0.1) is 0 Å². The first kappa shape index (κ1) is 3.32. The van der Waals surface area contributed by atoms with E-state index in [0.717, 1.165) is 0 Å². The van der Waals surface area contributed by atoms with E-state index in [2.05, 4.69) is 36.8 Å². The van der Waals surface area contributed by atoms with Crippen molar-refractivity contribution in [3.63, 3.8) is 0 Å². The monoisotopic (exact) mass is 238 g/mol. The summed E-state index contributed by atoms with van der Waals surface area (Å²) in [5.41, 5.74) is 0. The van der Waals surface area contributed by atoms with Crippen molar-refractivity contribution < 1.29 is 4.11 Å². The van der Waals surface area contributed by atoms with Gasteiger partial charge in [0.2, 0.25) is 0 Å². The van der Waals surface area contributed by atoms with Gasteiger partial charge < -0.3 is 0 Å². The van der Waals surface area contributed by atoms with Crippen LogP contribution in [0.15, 0.2) is 27.3 Å². The van der Waals surface area contributed by atoms with Crippen LogP contribution in [0.25, 0.3) is 0 Å². The highest BCUT2D eigenvalue weighted by Gasteiger charge is 1.85. The minimum absolute atomic E-state index is 0.0572. The Morgan fingerprint density at radius 3 is 3.12 bits per heavy atom. The molecule has 3 heteroatoms. The molecule has 1 heterocycles. The van der Waals surface area contributed by atoms with Crippen LogP contribution in [0.3, 0.4) is 0 Å². The lowest BCUT2D eigenvalue weighted by Gasteiger charge is -1.86. The molecular formula is C5H3Br2N. The van der Waals surface area contributed by atoms with Crippen LogP contribution in [0.4, 0.5) is 0 Å². The molecule has 42 valence electrons. The summed E-state index contributed by atoms with van der Waals surface area (Å²) in [5.74, 6) is 0. The first-order valence-corrected chi connectivity index (χ1v) is 3.41. The van der Waals surface area contributed by atoms with Crippen molar-refractivity contribution in [2.45, 2.75) is 0 Å². The van der Waals surface area contributed by atoms with Crippen LogP contribution in [0.2, 0.25) is 0 Å². The number of hydrogen-bond donors (Lipinski definition) is 0. The van der Waals surface area contributed by atoms with Crippen LogP contribution in [0.5, 0.6) is 0 Å². The number of rotatable bonds is 0. The van der Waals surface area contributed by atoms with E-state index in [-0.39, 0.29) is 22.9 Å². The van der Waals surface area contributed by atoms with Gasteiger partial charge in [-0.05, 0) is 28.0 Å². The van der Waals surface area contributed by atoms with E-state index in [4.69, 9.17) is 4.11 Å². The molecule has 0 aliphatic heterocycles. The Labute approximate surface area is 68.6 Å². The molecule has 1 nitrogen and oxygen atoms in total. The molecule has 0 bridgehead atoms. The third kappa shape index (κ3) is 1.56. The molecule has 0 aliphatic rings. The van der Waals surface area contributed by atoms with E-state index in [0.29, 0.717) is 4.47 Å². The molecule has 0 N–H and O–H groups in total. The van der Waals surface area contributed by atoms with Gasteiger partial charge in [-0.3, -0.25) is 0 Å². The van der Waals surface area contributed by atoms with Gasteiger partial charge in [-0.2, -0.15) is 0 Å². The molecule has 0 unspecified atom stereocenters. The molecule has 0 saturated carbocycles. The van der Waals surface area contributed by atoms with Crippen molar-refractivity contribution in [1.82, 2.24) is 4.98 Å². The predicted molar refractivity (Wildman–Crippen MR) is 39.6 cm³/mol. The van der Waals surface area contributed by atoms with Gasteiger partial charge in [0, 0.05) is 10.6 Å². The predicted octanol–water partition coefficient (Wildman–Crippen LogP) is 2.61. The number of pyridine rings is 1. The van der Waals surface area contributed by atoms with Crippen molar-refractivity contribution in [1.29, 1.82) is 0 Å². The Balaban J connectivity index is 3.46. The van der Waals surface area contributed by atoms with Gasteiger partial charge in [0.15, 0.2) is 0 Å².